The number of hydrogen-bond donors (Lipinski definition) is 1. The summed E-state index contributed by atoms with van der Waals surface area (Å²) in [6, 6.07) is 0. The molecule has 2 N–H and O–H groups in total. The Morgan fingerprint density at radius 3 is 1.88 bits per heavy atom. The fourth-order valence-electron chi connectivity index (χ4n) is 3.56. The summed E-state index contributed by atoms with van der Waals surface area (Å²) in [5, 5.41) is 0. The largest absolute Gasteiger partial charge is 0.329 e. The fourth-order valence-corrected chi connectivity index (χ4v) is 3.56. The topological polar surface area (TPSA) is 29.3 Å². The first-order valence-corrected chi connectivity index (χ1v) is 7.24. The molecule has 2 rings (SSSR count). The highest BCUT2D eigenvalue weighted by Gasteiger charge is 2.45. The molecule has 2 nitrogen and oxygen atoms in total. The Bertz CT molecular complexity index is 271. The Hall–Kier alpha value is -0.0800. The lowest BCUT2D eigenvalue weighted by molar-refractivity contribution is 0.0337. The summed E-state index contributed by atoms with van der Waals surface area (Å²) in [4.78, 5) is 2.71. The molecule has 0 aromatic carbocycles. The molecule has 0 atom stereocenters. The maximum Gasteiger partial charge on any atom is 0.0332 e. The van der Waals surface area contributed by atoms with Crippen LogP contribution in [0.5, 0.6) is 0 Å². The van der Waals surface area contributed by atoms with E-state index in [9.17, 15) is 0 Å². The normalized spacial score (nSPS) is 31.6. The van der Waals surface area contributed by atoms with Gasteiger partial charge in [0.15, 0.2) is 0 Å². The Morgan fingerprint density at radius 1 is 0.882 bits per heavy atom. The van der Waals surface area contributed by atoms with E-state index in [0.29, 0.717) is 16.4 Å². The highest BCUT2D eigenvalue weighted by atomic mass is 15.2. The zero-order valence-electron chi connectivity index (χ0n) is 12.2. The van der Waals surface area contributed by atoms with E-state index in [4.69, 9.17) is 5.73 Å². The van der Waals surface area contributed by atoms with Gasteiger partial charge in [0.05, 0.1) is 0 Å². The maximum atomic E-state index is 6.15. The van der Waals surface area contributed by atoms with E-state index >= 15 is 0 Å². The smallest absolute Gasteiger partial charge is 0.0332 e. The van der Waals surface area contributed by atoms with Crippen LogP contribution in [0.15, 0.2) is 0 Å². The van der Waals surface area contributed by atoms with Crippen LogP contribution in [0.25, 0.3) is 0 Å². The molecule has 1 heterocycles. The lowest BCUT2D eigenvalue weighted by Crippen LogP contribution is -2.56. The highest BCUT2D eigenvalue weighted by molar-refractivity contribution is 5.01. The summed E-state index contributed by atoms with van der Waals surface area (Å²) < 4.78 is 0. The molecule has 0 aromatic rings. The molecule has 100 valence electrons. The SMILES string of the molecule is CC1(C)CCC(CN)(N2CCC(C)(C)C2)CC1. The molecule has 2 aliphatic rings. The van der Waals surface area contributed by atoms with Gasteiger partial charge in [-0.05, 0) is 49.5 Å². The predicted molar refractivity (Wildman–Crippen MR) is 74.0 cm³/mol. The summed E-state index contributed by atoms with van der Waals surface area (Å²) in [6.07, 6.45) is 6.60. The fraction of sp³-hybridized carbons (Fsp3) is 1.00. The third-order valence-electron chi connectivity index (χ3n) is 5.26. The van der Waals surface area contributed by atoms with Gasteiger partial charge < -0.3 is 5.73 Å². The Labute approximate surface area is 107 Å². The lowest BCUT2D eigenvalue weighted by Gasteiger charge is -2.48. The number of nitrogens with zero attached hydrogens (tertiary/aromatic N) is 1. The molecule has 0 unspecified atom stereocenters. The second-order valence-electron chi connectivity index (χ2n) is 7.93. The monoisotopic (exact) mass is 238 g/mol. The van der Waals surface area contributed by atoms with Crippen molar-refractivity contribution in [3.63, 3.8) is 0 Å². The van der Waals surface area contributed by atoms with Crippen LogP contribution in [0.2, 0.25) is 0 Å². The van der Waals surface area contributed by atoms with Crippen LogP contribution in [-0.4, -0.2) is 30.1 Å². The van der Waals surface area contributed by atoms with Crippen molar-refractivity contribution in [2.24, 2.45) is 16.6 Å². The molecule has 2 heteroatoms. The Balaban J connectivity index is 2.07. The summed E-state index contributed by atoms with van der Waals surface area (Å²) in [7, 11) is 0. The van der Waals surface area contributed by atoms with E-state index < -0.39 is 0 Å². The van der Waals surface area contributed by atoms with Crippen molar-refractivity contribution in [3.8, 4) is 0 Å². The minimum absolute atomic E-state index is 0.323. The van der Waals surface area contributed by atoms with Crippen LogP contribution in [0.1, 0.15) is 59.8 Å². The molecule has 1 aliphatic heterocycles. The first kappa shape index (κ1) is 13.4. The van der Waals surface area contributed by atoms with Crippen LogP contribution in [0.4, 0.5) is 0 Å². The number of rotatable bonds is 2. The van der Waals surface area contributed by atoms with E-state index in [2.05, 4.69) is 32.6 Å². The molecule has 0 spiro atoms. The first-order chi connectivity index (χ1) is 7.79. The highest BCUT2D eigenvalue weighted by Crippen LogP contribution is 2.45. The van der Waals surface area contributed by atoms with Crippen LogP contribution in [0, 0.1) is 10.8 Å². The standard InChI is InChI=1S/C15H30N2/c1-13(2)5-7-15(11-16,8-6-13)17-10-9-14(3,4)12-17/h5-12,16H2,1-4H3. The van der Waals surface area contributed by atoms with E-state index in [-0.39, 0.29) is 0 Å². The summed E-state index contributed by atoms with van der Waals surface area (Å²) >= 11 is 0. The van der Waals surface area contributed by atoms with Gasteiger partial charge in [-0.25, -0.2) is 0 Å². The van der Waals surface area contributed by atoms with Gasteiger partial charge in [-0.15, -0.1) is 0 Å². The summed E-state index contributed by atoms with van der Waals surface area (Å²) in [5.41, 5.74) is 7.51. The first-order valence-electron chi connectivity index (χ1n) is 7.24. The minimum atomic E-state index is 0.323. The zero-order valence-corrected chi connectivity index (χ0v) is 12.2. The third kappa shape index (κ3) is 2.68. The average molecular weight is 238 g/mol. The Morgan fingerprint density at radius 2 is 1.47 bits per heavy atom. The van der Waals surface area contributed by atoms with Crippen LogP contribution >= 0.6 is 0 Å². The van der Waals surface area contributed by atoms with Crippen LogP contribution < -0.4 is 5.73 Å². The van der Waals surface area contributed by atoms with Crippen molar-refractivity contribution in [1.29, 1.82) is 0 Å². The number of nitrogens with two attached hydrogens (primary N) is 1. The van der Waals surface area contributed by atoms with E-state index in [1.165, 1.54) is 45.2 Å². The van der Waals surface area contributed by atoms with Crippen molar-refractivity contribution < 1.29 is 0 Å². The molecule has 1 saturated heterocycles. The van der Waals surface area contributed by atoms with Crippen LogP contribution in [-0.2, 0) is 0 Å². The second kappa shape index (κ2) is 4.24. The van der Waals surface area contributed by atoms with E-state index in [1.54, 1.807) is 0 Å². The predicted octanol–water partition coefficient (Wildman–Crippen LogP) is 3.02. The van der Waals surface area contributed by atoms with Gasteiger partial charge in [0.2, 0.25) is 0 Å². The molecule has 0 radical (unpaired) electrons. The zero-order chi connectivity index (χ0) is 12.7. The van der Waals surface area contributed by atoms with Gasteiger partial charge in [0, 0.05) is 18.6 Å². The maximum absolute atomic E-state index is 6.15. The molecule has 0 bridgehead atoms. The number of hydrogen-bond acceptors (Lipinski definition) is 2. The van der Waals surface area contributed by atoms with Crippen molar-refractivity contribution in [2.75, 3.05) is 19.6 Å². The molecule has 2 fully saturated rings. The summed E-state index contributed by atoms with van der Waals surface area (Å²) in [6.45, 7) is 12.9. The quantitative estimate of drug-likeness (QED) is 0.801. The molecule has 1 aliphatic carbocycles. The van der Waals surface area contributed by atoms with E-state index in [0.717, 1.165) is 6.54 Å². The van der Waals surface area contributed by atoms with Gasteiger partial charge in [0.1, 0.15) is 0 Å². The van der Waals surface area contributed by atoms with Crippen molar-refractivity contribution >= 4 is 0 Å². The average Bonchev–Trinajstić information content (AvgIpc) is 2.60. The van der Waals surface area contributed by atoms with Gasteiger partial charge in [-0.3, -0.25) is 4.90 Å². The van der Waals surface area contributed by atoms with E-state index in [1.807, 2.05) is 0 Å². The Kier molecular flexibility index (Phi) is 3.33. The summed E-state index contributed by atoms with van der Waals surface area (Å²) in [5.74, 6) is 0. The molecule has 17 heavy (non-hydrogen) atoms. The molecular formula is C15H30N2. The van der Waals surface area contributed by atoms with Gasteiger partial charge in [-0.2, -0.15) is 0 Å². The van der Waals surface area contributed by atoms with Crippen molar-refractivity contribution in [2.45, 2.75) is 65.3 Å². The van der Waals surface area contributed by atoms with Crippen molar-refractivity contribution in [3.05, 3.63) is 0 Å². The van der Waals surface area contributed by atoms with Crippen molar-refractivity contribution in [1.82, 2.24) is 4.90 Å². The third-order valence-corrected chi connectivity index (χ3v) is 5.26. The second-order valence-corrected chi connectivity index (χ2v) is 7.93. The lowest BCUT2D eigenvalue weighted by atomic mass is 9.68. The van der Waals surface area contributed by atoms with Gasteiger partial charge in [-0.1, -0.05) is 27.7 Å². The minimum Gasteiger partial charge on any atom is -0.329 e. The van der Waals surface area contributed by atoms with Gasteiger partial charge in [0.25, 0.3) is 0 Å². The molecule has 1 saturated carbocycles. The molecular weight excluding hydrogens is 208 g/mol. The number of likely N-dealkylation sites (tertiary alicyclic amines) is 1. The molecule has 0 amide bonds. The van der Waals surface area contributed by atoms with Gasteiger partial charge >= 0.3 is 0 Å². The van der Waals surface area contributed by atoms with Crippen LogP contribution in [0.3, 0.4) is 0 Å². The molecule has 0 aromatic heterocycles.